The van der Waals surface area contributed by atoms with Crippen LogP contribution < -0.4 is 8.92 Å². The molecule has 0 aromatic heterocycles. The Balaban J connectivity index is 2.29. The Morgan fingerprint density at radius 1 is 0.950 bits per heavy atom. The molecule has 104 valence electrons. The van der Waals surface area contributed by atoms with Gasteiger partial charge in [-0.05, 0) is 0 Å². The quantitative estimate of drug-likeness (QED) is 0.765. The molecule has 0 unspecified atom stereocenters. The number of benzene rings is 2. The van der Waals surface area contributed by atoms with Crippen LogP contribution in [0.2, 0.25) is 0 Å². The van der Waals surface area contributed by atoms with E-state index in [0.29, 0.717) is 0 Å². The molecule has 0 bridgehead atoms. The van der Waals surface area contributed by atoms with Gasteiger partial charge in [-0.1, -0.05) is 0 Å². The Bertz CT molecular complexity index is 564. The average Bonchev–Trinajstić information content (AvgIpc) is 2.50. The first-order valence-corrected chi connectivity index (χ1v) is 8.58. The first-order valence-electron chi connectivity index (χ1n) is 6.87. The average molecular weight is 332 g/mol. The summed E-state index contributed by atoms with van der Waals surface area (Å²) in [5.41, 5.74) is 0.847. The predicted molar refractivity (Wildman–Crippen MR) is 85.2 cm³/mol. The van der Waals surface area contributed by atoms with E-state index in [0.717, 1.165) is 23.1 Å². The van der Waals surface area contributed by atoms with Crippen LogP contribution in [0, 0.1) is 0 Å². The fourth-order valence-electron chi connectivity index (χ4n) is 2.03. The van der Waals surface area contributed by atoms with E-state index in [1.54, 1.807) is 0 Å². The number of nitrogens with zero attached hydrogens (tertiary/aromatic N) is 1. The summed E-state index contributed by atoms with van der Waals surface area (Å²) in [5.74, 6) is 0.142. The molecule has 0 atom stereocenters. The maximum atomic E-state index is 12.6. The van der Waals surface area contributed by atoms with Crippen molar-refractivity contribution in [2.75, 3.05) is 13.1 Å². The first-order chi connectivity index (χ1) is 9.76. The molecule has 0 heterocycles. The van der Waals surface area contributed by atoms with E-state index in [1.165, 1.54) is 4.46 Å². The number of hydrogen-bond acceptors (Lipinski definition) is 1. The van der Waals surface area contributed by atoms with Crippen molar-refractivity contribution in [1.82, 2.24) is 4.90 Å². The van der Waals surface area contributed by atoms with Gasteiger partial charge in [0.15, 0.2) is 0 Å². The molecule has 0 aliphatic rings. The van der Waals surface area contributed by atoms with Crippen LogP contribution in [0.15, 0.2) is 54.6 Å². The number of amides is 1. The zero-order chi connectivity index (χ0) is 14.4. The molecule has 0 aliphatic heterocycles. The van der Waals surface area contributed by atoms with Crippen molar-refractivity contribution in [2.24, 2.45) is 0 Å². The summed E-state index contributed by atoms with van der Waals surface area (Å²) >= 11 is 0.167. The van der Waals surface area contributed by atoms with Crippen molar-refractivity contribution in [3.05, 3.63) is 60.2 Å². The van der Waals surface area contributed by atoms with Gasteiger partial charge in [-0.2, -0.15) is 0 Å². The SMILES string of the molecule is CCN(CC)C(=O)c1ccccc1[Se]c1ccccc1. The fourth-order valence-corrected chi connectivity index (χ4v) is 4.04. The Hall–Kier alpha value is -1.57. The van der Waals surface area contributed by atoms with E-state index in [-0.39, 0.29) is 20.9 Å². The van der Waals surface area contributed by atoms with Crippen LogP contribution >= 0.6 is 0 Å². The summed E-state index contributed by atoms with van der Waals surface area (Å²) in [7, 11) is 0. The summed E-state index contributed by atoms with van der Waals surface area (Å²) in [6.45, 7) is 5.54. The van der Waals surface area contributed by atoms with Crippen LogP contribution in [0.4, 0.5) is 0 Å². The second-order valence-electron chi connectivity index (χ2n) is 4.39. The molecular weight excluding hydrogens is 313 g/mol. The van der Waals surface area contributed by atoms with Gasteiger partial charge in [-0.15, -0.1) is 0 Å². The standard InChI is InChI=1S/C17H19NOSe/c1-3-18(4-2)17(19)15-12-8-9-13-16(15)20-14-10-6-5-7-11-14/h5-13H,3-4H2,1-2H3. The predicted octanol–water partition coefficient (Wildman–Crippen LogP) is 1.82. The van der Waals surface area contributed by atoms with E-state index in [9.17, 15) is 4.79 Å². The van der Waals surface area contributed by atoms with Crippen LogP contribution in [0.1, 0.15) is 24.2 Å². The Morgan fingerprint density at radius 2 is 1.55 bits per heavy atom. The van der Waals surface area contributed by atoms with E-state index in [2.05, 4.69) is 18.2 Å². The number of rotatable bonds is 5. The monoisotopic (exact) mass is 333 g/mol. The molecule has 20 heavy (non-hydrogen) atoms. The van der Waals surface area contributed by atoms with Gasteiger partial charge in [0.1, 0.15) is 0 Å². The summed E-state index contributed by atoms with van der Waals surface area (Å²) in [6.07, 6.45) is 0. The number of hydrogen-bond donors (Lipinski definition) is 0. The summed E-state index contributed by atoms with van der Waals surface area (Å²) in [4.78, 5) is 14.4. The second kappa shape index (κ2) is 7.28. The molecular formula is C17H19NOSe. The summed E-state index contributed by atoms with van der Waals surface area (Å²) < 4.78 is 2.45. The van der Waals surface area contributed by atoms with Gasteiger partial charge in [0.05, 0.1) is 0 Å². The molecule has 0 radical (unpaired) electrons. The third kappa shape index (κ3) is 3.50. The summed E-state index contributed by atoms with van der Waals surface area (Å²) in [6, 6.07) is 18.3. The summed E-state index contributed by atoms with van der Waals surface area (Å²) in [5, 5.41) is 0. The van der Waals surface area contributed by atoms with E-state index in [4.69, 9.17) is 0 Å². The Kier molecular flexibility index (Phi) is 5.39. The third-order valence-corrected chi connectivity index (χ3v) is 5.41. The van der Waals surface area contributed by atoms with E-state index in [1.807, 2.05) is 55.1 Å². The van der Waals surface area contributed by atoms with Gasteiger partial charge in [-0.25, -0.2) is 0 Å². The molecule has 0 saturated heterocycles. The second-order valence-corrected chi connectivity index (χ2v) is 6.73. The van der Waals surface area contributed by atoms with Crippen LogP contribution in [-0.2, 0) is 0 Å². The zero-order valence-electron chi connectivity index (χ0n) is 11.9. The molecule has 0 fully saturated rings. The molecule has 0 N–H and O–H groups in total. The van der Waals surface area contributed by atoms with E-state index >= 15 is 0 Å². The van der Waals surface area contributed by atoms with Crippen molar-refractivity contribution < 1.29 is 4.79 Å². The molecule has 3 heteroatoms. The van der Waals surface area contributed by atoms with Crippen LogP contribution in [-0.4, -0.2) is 38.9 Å². The van der Waals surface area contributed by atoms with Gasteiger partial charge < -0.3 is 0 Å². The topological polar surface area (TPSA) is 20.3 Å². The number of carbonyl (C=O) groups excluding carboxylic acids is 1. The normalized spacial score (nSPS) is 10.3. The van der Waals surface area contributed by atoms with Crippen molar-refractivity contribution in [1.29, 1.82) is 0 Å². The van der Waals surface area contributed by atoms with Crippen LogP contribution in [0.3, 0.4) is 0 Å². The third-order valence-electron chi connectivity index (χ3n) is 3.14. The molecule has 0 aliphatic carbocycles. The molecule has 1 amide bonds. The molecule has 2 rings (SSSR count). The zero-order valence-corrected chi connectivity index (χ0v) is 13.6. The molecule has 2 aromatic rings. The first kappa shape index (κ1) is 14.8. The van der Waals surface area contributed by atoms with Crippen LogP contribution in [0.25, 0.3) is 0 Å². The molecule has 2 aromatic carbocycles. The fraction of sp³-hybridized carbons (Fsp3) is 0.235. The van der Waals surface area contributed by atoms with Gasteiger partial charge >= 0.3 is 127 Å². The van der Waals surface area contributed by atoms with Crippen molar-refractivity contribution in [3.8, 4) is 0 Å². The van der Waals surface area contributed by atoms with Gasteiger partial charge in [0, 0.05) is 0 Å². The molecule has 0 saturated carbocycles. The number of carbonyl (C=O) groups is 1. The Morgan fingerprint density at radius 3 is 2.20 bits per heavy atom. The van der Waals surface area contributed by atoms with Gasteiger partial charge in [-0.3, -0.25) is 0 Å². The molecule has 2 nitrogen and oxygen atoms in total. The minimum atomic E-state index is 0.142. The van der Waals surface area contributed by atoms with Gasteiger partial charge in [0.25, 0.3) is 0 Å². The minimum absolute atomic E-state index is 0.142. The maximum absolute atomic E-state index is 12.6. The van der Waals surface area contributed by atoms with E-state index < -0.39 is 0 Å². The van der Waals surface area contributed by atoms with Crippen molar-refractivity contribution in [2.45, 2.75) is 13.8 Å². The van der Waals surface area contributed by atoms with Gasteiger partial charge in [0.2, 0.25) is 0 Å². The van der Waals surface area contributed by atoms with Crippen molar-refractivity contribution in [3.63, 3.8) is 0 Å². The molecule has 0 spiro atoms. The van der Waals surface area contributed by atoms with Crippen molar-refractivity contribution >= 4 is 29.8 Å². The van der Waals surface area contributed by atoms with Crippen LogP contribution in [0.5, 0.6) is 0 Å². The Labute approximate surface area is 127 Å².